The first-order chi connectivity index (χ1) is 14.1. The van der Waals surface area contributed by atoms with Gasteiger partial charge < -0.3 is 10.6 Å². The van der Waals surface area contributed by atoms with E-state index in [1.165, 1.54) is 6.33 Å². The lowest BCUT2D eigenvalue weighted by atomic mass is 10.1. The zero-order valence-corrected chi connectivity index (χ0v) is 15.7. The molecule has 0 aliphatic rings. The van der Waals surface area contributed by atoms with Gasteiger partial charge in [0.25, 0.3) is 0 Å². The molecule has 0 amide bonds. The number of fused-ring (bicyclic) bond motifs is 1. The van der Waals surface area contributed by atoms with Gasteiger partial charge in [-0.3, -0.25) is 15.1 Å². The molecule has 2 N–H and O–H groups in total. The standard InChI is InChI=1S/C21H18N6O2/c1-14-10-11-16-8-5-9-17(18(16)25-14)26-21-19(27(28)29)20(23-13-24-21)22-12-15-6-3-2-4-7-15/h2-11,13H,12H2,1H3,(H2,22,23,24,26). The number of anilines is 3. The molecule has 144 valence electrons. The Hall–Kier alpha value is -4.07. The van der Waals surface area contributed by atoms with E-state index in [9.17, 15) is 10.1 Å². The molecule has 4 aromatic rings. The van der Waals surface area contributed by atoms with Crippen molar-refractivity contribution in [3.8, 4) is 0 Å². The summed E-state index contributed by atoms with van der Waals surface area (Å²) in [6.07, 6.45) is 1.30. The number of nitrogens with one attached hydrogen (secondary N) is 2. The van der Waals surface area contributed by atoms with Gasteiger partial charge in [0.05, 0.1) is 16.1 Å². The lowest BCUT2D eigenvalue weighted by molar-refractivity contribution is -0.383. The number of hydrogen-bond acceptors (Lipinski definition) is 7. The van der Waals surface area contributed by atoms with Gasteiger partial charge in [-0.25, -0.2) is 9.97 Å². The molecular weight excluding hydrogens is 368 g/mol. The maximum atomic E-state index is 11.8. The van der Waals surface area contributed by atoms with Crippen molar-refractivity contribution in [3.63, 3.8) is 0 Å². The minimum atomic E-state index is -0.487. The van der Waals surface area contributed by atoms with Crippen molar-refractivity contribution in [2.45, 2.75) is 13.5 Å². The molecule has 0 aliphatic heterocycles. The first-order valence-electron chi connectivity index (χ1n) is 9.02. The van der Waals surface area contributed by atoms with Crippen LogP contribution < -0.4 is 10.6 Å². The second-order valence-corrected chi connectivity index (χ2v) is 6.47. The summed E-state index contributed by atoms with van der Waals surface area (Å²) < 4.78 is 0. The predicted octanol–water partition coefficient (Wildman–Crippen LogP) is 4.60. The van der Waals surface area contributed by atoms with Gasteiger partial charge in [-0.2, -0.15) is 0 Å². The topological polar surface area (TPSA) is 106 Å². The van der Waals surface area contributed by atoms with Crippen LogP contribution in [0, 0.1) is 17.0 Å². The largest absolute Gasteiger partial charge is 0.360 e. The molecule has 0 unspecified atom stereocenters. The Bertz CT molecular complexity index is 1180. The number of benzene rings is 2. The maximum Gasteiger partial charge on any atom is 0.353 e. The van der Waals surface area contributed by atoms with E-state index in [0.29, 0.717) is 12.2 Å². The number of nitrogens with zero attached hydrogens (tertiary/aromatic N) is 4. The Labute approximate surface area is 166 Å². The van der Waals surface area contributed by atoms with E-state index < -0.39 is 4.92 Å². The third-order valence-corrected chi connectivity index (χ3v) is 4.42. The number of aryl methyl sites for hydroxylation is 1. The highest BCUT2D eigenvalue weighted by molar-refractivity contribution is 5.93. The normalized spacial score (nSPS) is 10.7. The molecule has 0 bridgehead atoms. The fourth-order valence-corrected chi connectivity index (χ4v) is 3.03. The molecule has 0 radical (unpaired) electrons. The van der Waals surface area contributed by atoms with Crippen molar-refractivity contribution >= 4 is 33.9 Å². The first-order valence-corrected chi connectivity index (χ1v) is 9.02. The highest BCUT2D eigenvalue weighted by Crippen LogP contribution is 2.33. The Balaban J connectivity index is 1.69. The van der Waals surface area contributed by atoms with Gasteiger partial charge in [0, 0.05) is 17.6 Å². The minimum absolute atomic E-state index is 0.108. The van der Waals surface area contributed by atoms with E-state index in [0.717, 1.165) is 22.2 Å². The molecule has 0 aliphatic carbocycles. The number of pyridine rings is 1. The lowest BCUT2D eigenvalue weighted by Gasteiger charge is -2.11. The number of aromatic nitrogens is 3. The summed E-state index contributed by atoms with van der Waals surface area (Å²) >= 11 is 0. The quantitative estimate of drug-likeness (QED) is 0.368. The average molecular weight is 386 g/mol. The third kappa shape index (κ3) is 3.96. The lowest BCUT2D eigenvalue weighted by Crippen LogP contribution is -2.08. The third-order valence-electron chi connectivity index (χ3n) is 4.42. The van der Waals surface area contributed by atoms with Gasteiger partial charge >= 0.3 is 5.69 Å². The molecule has 2 aromatic carbocycles. The summed E-state index contributed by atoms with van der Waals surface area (Å²) in [7, 11) is 0. The Morgan fingerprint density at radius 2 is 1.76 bits per heavy atom. The zero-order chi connectivity index (χ0) is 20.2. The molecule has 8 heteroatoms. The van der Waals surface area contributed by atoms with Gasteiger partial charge in [-0.1, -0.05) is 48.5 Å². The van der Waals surface area contributed by atoms with E-state index in [2.05, 4.69) is 25.6 Å². The van der Waals surface area contributed by atoms with E-state index >= 15 is 0 Å². The van der Waals surface area contributed by atoms with Crippen LogP contribution in [0.15, 0.2) is 67.0 Å². The molecule has 2 heterocycles. The Kier molecular flexibility index (Phi) is 4.98. The van der Waals surface area contributed by atoms with Crippen molar-refractivity contribution < 1.29 is 4.92 Å². The molecule has 0 saturated carbocycles. The van der Waals surface area contributed by atoms with E-state index in [-0.39, 0.29) is 17.3 Å². The van der Waals surface area contributed by atoms with E-state index in [4.69, 9.17) is 0 Å². The van der Waals surface area contributed by atoms with Crippen LogP contribution in [0.4, 0.5) is 23.0 Å². The monoisotopic (exact) mass is 386 g/mol. The van der Waals surface area contributed by atoms with Gasteiger partial charge in [-0.15, -0.1) is 0 Å². The predicted molar refractivity (Wildman–Crippen MR) is 112 cm³/mol. The smallest absolute Gasteiger partial charge is 0.353 e. The second-order valence-electron chi connectivity index (χ2n) is 6.47. The zero-order valence-electron chi connectivity index (χ0n) is 15.7. The molecule has 2 aromatic heterocycles. The summed E-state index contributed by atoms with van der Waals surface area (Å²) in [4.78, 5) is 24.0. The van der Waals surface area contributed by atoms with E-state index in [1.807, 2.05) is 67.6 Å². The van der Waals surface area contributed by atoms with Crippen LogP contribution in [0.25, 0.3) is 10.9 Å². The number of para-hydroxylation sites is 1. The molecule has 0 atom stereocenters. The number of hydrogen-bond donors (Lipinski definition) is 2. The summed E-state index contributed by atoms with van der Waals surface area (Å²) in [6, 6.07) is 19.1. The Morgan fingerprint density at radius 3 is 2.55 bits per heavy atom. The Morgan fingerprint density at radius 1 is 0.966 bits per heavy atom. The van der Waals surface area contributed by atoms with Gasteiger partial charge in [0.2, 0.25) is 11.6 Å². The van der Waals surface area contributed by atoms with Crippen LogP contribution in [0.1, 0.15) is 11.3 Å². The second kappa shape index (κ2) is 7.89. The van der Waals surface area contributed by atoms with Gasteiger partial charge in [0.1, 0.15) is 6.33 Å². The van der Waals surface area contributed by atoms with Crippen molar-refractivity contribution in [3.05, 3.63) is 88.4 Å². The highest BCUT2D eigenvalue weighted by atomic mass is 16.6. The molecule has 8 nitrogen and oxygen atoms in total. The number of rotatable bonds is 6. The van der Waals surface area contributed by atoms with Gasteiger partial charge in [-0.05, 0) is 24.6 Å². The molecule has 29 heavy (non-hydrogen) atoms. The molecule has 0 fully saturated rings. The summed E-state index contributed by atoms with van der Waals surface area (Å²) in [5.74, 6) is 0.261. The summed E-state index contributed by atoms with van der Waals surface area (Å²) in [6.45, 7) is 2.31. The van der Waals surface area contributed by atoms with Crippen LogP contribution in [0.2, 0.25) is 0 Å². The van der Waals surface area contributed by atoms with Crippen LogP contribution in [-0.4, -0.2) is 19.9 Å². The van der Waals surface area contributed by atoms with E-state index in [1.54, 1.807) is 0 Å². The van der Waals surface area contributed by atoms with Crippen LogP contribution in [0.3, 0.4) is 0 Å². The van der Waals surface area contributed by atoms with Crippen LogP contribution in [0.5, 0.6) is 0 Å². The summed E-state index contributed by atoms with van der Waals surface area (Å²) in [5, 5.41) is 18.8. The van der Waals surface area contributed by atoms with Crippen LogP contribution in [-0.2, 0) is 6.54 Å². The average Bonchev–Trinajstić information content (AvgIpc) is 2.73. The van der Waals surface area contributed by atoms with Crippen LogP contribution >= 0.6 is 0 Å². The maximum absolute atomic E-state index is 11.8. The van der Waals surface area contributed by atoms with Crippen molar-refractivity contribution in [2.24, 2.45) is 0 Å². The number of nitro groups is 1. The fraction of sp³-hybridized carbons (Fsp3) is 0.0952. The van der Waals surface area contributed by atoms with Crippen molar-refractivity contribution in [1.82, 2.24) is 15.0 Å². The van der Waals surface area contributed by atoms with Gasteiger partial charge in [0.15, 0.2) is 0 Å². The first kappa shape index (κ1) is 18.3. The highest BCUT2D eigenvalue weighted by Gasteiger charge is 2.23. The molecular formula is C21H18N6O2. The molecule has 4 rings (SSSR count). The van der Waals surface area contributed by atoms with Crippen molar-refractivity contribution in [2.75, 3.05) is 10.6 Å². The molecule has 0 saturated heterocycles. The summed E-state index contributed by atoms with van der Waals surface area (Å²) in [5.41, 5.74) is 2.99. The fourth-order valence-electron chi connectivity index (χ4n) is 3.03. The minimum Gasteiger partial charge on any atom is -0.360 e. The molecule has 0 spiro atoms. The SMILES string of the molecule is Cc1ccc2cccc(Nc3ncnc(NCc4ccccc4)c3[N+](=O)[O-])c2n1. The van der Waals surface area contributed by atoms with Crippen molar-refractivity contribution in [1.29, 1.82) is 0 Å².